The maximum absolute atomic E-state index is 10.2. The molecule has 0 rings (SSSR count). The van der Waals surface area contributed by atoms with Crippen molar-refractivity contribution in [2.45, 2.75) is 58.5 Å². The molecule has 0 aromatic rings. The summed E-state index contributed by atoms with van der Waals surface area (Å²) in [6.07, 6.45) is 6.35. The van der Waals surface area contributed by atoms with E-state index in [4.69, 9.17) is 4.74 Å². The number of hydrogen-bond acceptors (Lipinski definition) is 2. The highest BCUT2D eigenvalue weighted by Gasteiger charge is 2.15. The smallest absolute Gasteiger partial charge is 0.120 e. The number of aldehydes is 1. The summed E-state index contributed by atoms with van der Waals surface area (Å²) in [4.78, 5) is 10.2. The Morgan fingerprint density at radius 2 is 2.00 bits per heavy atom. The number of ether oxygens (including phenoxy) is 1. The monoisotopic (exact) mass is 200 g/mol. The number of carbonyl (C=O) groups excluding carboxylic acids is 1. The van der Waals surface area contributed by atoms with Crippen LogP contribution in [0, 0.1) is 5.92 Å². The molecule has 2 nitrogen and oxygen atoms in total. The van der Waals surface area contributed by atoms with Crippen LogP contribution < -0.4 is 0 Å². The van der Waals surface area contributed by atoms with Crippen LogP contribution in [0.3, 0.4) is 0 Å². The van der Waals surface area contributed by atoms with Crippen LogP contribution in [-0.2, 0) is 9.53 Å². The lowest BCUT2D eigenvalue weighted by Crippen LogP contribution is -2.21. The Morgan fingerprint density at radius 1 is 1.36 bits per heavy atom. The lowest BCUT2D eigenvalue weighted by Gasteiger charge is -2.22. The molecule has 1 unspecified atom stereocenters. The van der Waals surface area contributed by atoms with Gasteiger partial charge in [-0.2, -0.15) is 0 Å². The van der Waals surface area contributed by atoms with Gasteiger partial charge in [0.2, 0.25) is 0 Å². The predicted octanol–water partition coefficient (Wildman–Crippen LogP) is 3.20. The molecule has 0 heterocycles. The number of hydrogen-bond donors (Lipinski definition) is 0. The molecule has 0 aliphatic rings. The first kappa shape index (κ1) is 13.6. The lowest BCUT2D eigenvalue weighted by atomic mass is 9.96. The molecule has 14 heavy (non-hydrogen) atoms. The second-order valence-corrected chi connectivity index (χ2v) is 4.72. The fraction of sp³-hybridized carbons (Fsp3) is 0.917. The van der Waals surface area contributed by atoms with Crippen LogP contribution in [0.4, 0.5) is 0 Å². The van der Waals surface area contributed by atoms with Crippen LogP contribution in [0.1, 0.15) is 52.9 Å². The zero-order valence-electron chi connectivity index (χ0n) is 10.0. The third-order valence-electron chi connectivity index (χ3n) is 2.78. The minimum Gasteiger partial charge on any atom is -0.379 e. The molecule has 0 saturated carbocycles. The molecule has 0 aromatic heterocycles. The number of methoxy groups -OCH3 is 1. The van der Waals surface area contributed by atoms with Crippen LogP contribution >= 0.6 is 0 Å². The molecule has 0 aliphatic heterocycles. The highest BCUT2D eigenvalue weighted by molar-refractivity contribution is 5.49. The molecule has 2 heteroatoms. The molecule has 0 N–H and O–H groups in total. The summed E-state index contributed by atoms with van der Waals surface area (Å²) in [6, 6.07) is 0. The van der Waals surface area contributed by atoms with Crippen LogP contribution in [0.2, 0.25) is 0 Å². The topological polar surface area (TPSA) is 26.3 Å². The van der Waals surface area contributed by atoms with E-state index in [-0.39, 0.29) is 5.60 Å². The van der Waals surface area contributed by atoms with Crippen molar-refractivity contribution in [3.8, 4) is 0 Å². The van der Waals surface area contributed by atoms with E-state index < -0.39 is 0 Å². The fourth-order valence-corrected chi connectivity index (χ4v) is 1.43. The summed E-state index contributed by atoms with van der Waals surface area (Å²) in [5.74, 6) is 0.540. The van der Waals surface area contributed by atoms with Gasteiger partial charge in [-0.3, -0.25) is 0 Å². The van der Waals surface area contributed by atoms with E-state index >= 15 is 0 Å². The standard InChI is InChI=1S/C12H24O2/c1-11(8-10-13)7-5-6-9-12(2,3)14-4/h10-11H,5-9H2,1-4H3. The summed E-state index contributed by atoms with van der Waals surface area (Å²) in [7, 11) is 1.76. The van der Waals surface area contributed by atoms with Crippen molar-refractivity contribution in [3.05, 3.63) is 0 Å². The zero-order valence-corrected chi connectivity index (χ0v) is 10.0. The molecule has 0 spiro atoms. The van der Waals surface area contributed by atoms with E-state index in [2.05, 4.69) is 20.8 Å². The Kier molecular flexibility index (Phi) is 6.81. The van der Waals surface area contributed by atoms with Gasteiger partial charge in [0.1, 0.15) is 6.29 Å². The maximum atomic E-state index is 10.2. The predicted molar refractivity (Wildman–Crippen MR) is 59.4 cm³/mol. The van der Waals surface area contributed by atoms with Crippen molar-refractivity contribution in [1.82, 2.24) is 0 Å². The molecule has 0 radical (unpaired) electrons. The Bertz CT molecular complexity index is 152. The molecular weight excluding hydrogens is 176 g/mol. The van der Waals surface area contributed by atoms with E-state index in [1.807, 2.05) is 0 Å². The Labute approximate surface area is 88.0 Å². The average Bonchev–Trinajstić information content (AvgIpc) is 2.13. The minimum atomic E-state index is 0.00783. The Hall–Kier alpha value is -0.370. The first-order chi connectivity index (χ1) is 6.52. The van der Waals surface area contributed by atoms with Gasteiger partial charge in [0, 0.05) is 13.5 Å². The van der Waals surface area contributed by atoms with Gasteiger partial charge in [0.15, 0.2) is 0 Å². The van der Waals surface area contributed by atoms with Crippen molar-refractivity contribution >= 4 is 6.29 Å². The van der Waals surface area contributed by atoms with E-state index in [0.29, 0.717) is 12.3 Å². The van der Waals surface area contributed by atoms with Crippen molar-refractivity contribution < 1.29 is 9.53 Å². The number of rotatable bonds is 8. The summed E-state index contributed by atoms with van der Waals surface area (Å²) in [5.41, 5.74) is 0.00783. The largest absolute Gasteiger partial charge is 0.379 e. The van der Waals surface area contributed by atoms with Gasteiger partial charge in [0.25, 0.3) is 0 Å². The number of carbonyl (C=O) groups is 1. The zero-order chi connectivity index (χ0) is 11.0. The van der Waals surface area contributed by atoms with Gasteiger partial charge < -0.3 is 9.53 Å². The SMILES string of the molecule is COC(C)(C)CCCCC(C)CC=O. The van der Waals surface area contributed by atoms with E-state index in [0.717, 1.165) is 19.1 Å². The van der Waals surface area contributed by atoms with Gasteiger partial charge >= 0.3 is 0 Å². The van der Waals surface area contributed by atoms with Gasteiger partial charge in [-0.25, -0.2) is 0 Å². The van der Waals surface area contributed by atoms with E-state index in [9.17, 15) is 4.79 Å². The third-order valence-corrected chi connectivity index (χ3v) is 2.78. The molecule has 0 aliphatic carbocycles. The minimum absolute atomic E-state index is 0.00783. The van der Waals surface area contributed by atoms with E-state index in [1.54, 1.807) is 7.11 Å². The van der Waals surface area contributed by atoms with Gasteiger partial charge in [-0.15, -0.1) is 0 Å². The van der Waals surface area contributed by atoms with Crippen molar-refractivity contribution in [3.63, 3.8) is 0 Å². The number of unbranched alkanes of at least 4 members (excludes halogenated alkanes) is 1. The average molecular weight is 200 g/mol. The molecule has 0 bridgehead atoms. The first-order valence-corrected chi connectivity index (χ1v) is 5.50. The lowest BCUT2D eigenvalue weighted by molar-refractivity contribution is -0.108. The molecule has 0 saturated heterocycles. The summed E-state index contributed by atoms with van der Waals surface area (Å²) in [6.45, 7) is 6.36. The summed E-state index contributed by atoms with van der Waals surface area (Å²) in [5, 5.41) is 0. The fourth-order valence-electron chi connectivity index (χ4n) is 1.43. The van der Waals surface area contributed by atoms with Gasteiger partial charge in [0.05, 0.1) is 5.60 Å². The normalized spacial score (nSPS) is 14.0. The molecule has 1 atom stereocenters. The van der Waals surface area contributed by atoms with Crippen LogP contribution in [-0.4, -0.2) is 19.0 Å². The quantitative estimate of drug-likeness (QED) is 0.444. The molecular formula is C12H24O2. The Balaban J connectivity index is 3.41. The molecule has 84 valence electrons. The van der Waals surface area contributed by atoms with Crippen LogP contribution in [0.25, 0.3) is 0 Å². The van der Waals surface area contributed by atoms with Crippen molar-refractivity contribution in [1.29, 1.82) is 0 Å². The van der Waals surface area contributed by atoms with Crippen molar-refractivity contribution in [2.75, 3.05) is 7.11 Å². The second kappa shape index (κ2) is 6.99. The van der Waals surface area contributed by atoms with Crippen molar-refractivity contribution in [2.24, 2.45) is 5.92 Å². The van der Waals surface area contributed by atoms with Crippen LogP contribution in [0.15, 0.2) is 0 Å². The van der Waals surface area contributed by atoms with Gasteiger partial charge in [-0.05, 0) is 26.2 Å². The molecule has 0 amide bonds. The highest BCUT2D eigenvalue weighted by atomic mass is 16.5. The highest BCUT2D eigenvalue weighted by Crippen LogP contribution is 2.19. The maximum Gasteiger partial charge on any atom is 0.120 e. The first-order valence-electron chi connectivity index (χ1n) is 5.50. The Morgan fingerprint density at radius 3 is 2.50 bits per heavy atom. The summed E-state index contributed by atoms with van der Waals surface area (Å²) < 4.78 is 5.34. The molecule has 0 fully saturated rings. The molecule has 0 aromatic carbocycles. The van der Waals surface area contributed by atoms with E-state index in [1.165, 1.54) is 12.8 Å². The summed E-state index contributed by atoms with van der Waals surface area (Å²) >= 11 is 0. The van der Waals surface area contributed by atoms with Crippen LogP contribution in [0.5, 0.6) is 0 Å². The third kappa shape index (κ3) is 7.07. The van der Waals surface area contributed by atoms with Gasteiger partial charge in [-0.1, -0.05) is 26.2 Å². The second-order valence-electron chi connectivity index (χ2n) is 4.72.